The molecule has 1 aromatic heterocycles. The fourth-order valence-electron chi connectivity index (χ4n) is 1.81. The van der Waals surface area contributed by atoms with E-state index in [0.717, 1.165) is 19.3 Å². The normalized spacial score (nSPS) is 12.7. The van der Waals surface area contributed by atoms with Crippen LogP contribution in [0.15, 0.2) is 34.1 Å². The Kier molecular flexibility index (Phi) is 5.17. The molecular formula is C13H12BrFINS. The maximum absolute atomic E-state index is 13.1. The van der Waals surface area contributed by atoms with Gasteiger partial charge in [-0.15, -0.1) is 11.3 Å². The number of benzene rings is 1. The van der Waals surface area contributed by atoms with Crippen molar-refractivity contribution in [3.63, 3.8) is 0 Å². The van der Waals surface area contributed by atoms with Gasteiger partial charge in [0.15, 0.2) is 0 Å². The second kappa shape index (κ2) is 6.45. The van der Waals surface area contributed by atoms with Gasteiger partial charge in [0.1, 0.15) is 5.82 Å². The molecule has 1 unspecified atom stereocenters. The number of likely N-dealkylation sites (N-methyl/N-ethyl adjacent to an activating group) is 1. The van der Waals surface area contributed by atoms with E-state index in [0.29, 0.717) is 0 Å². The quantitative estimate of drug-likeness (QED) is 0.677. The predicted molar refractivity (Wildman–Crippen MR) is 86.6 cm³/mol. The zero-order valence-electron chi connectivity index (χ0n) is 9.71. The van der Waals surface area contributed by atoms with E-state index in [4.69, 9.17) is 0 Å². The van der Waals surface area contributed by atoms with Gasteiger partial charge in [0, 0.05) is 20.9 Å². The molecule has 0 saturated heterocycles. The van der Waals surface area contributed by atoms with Crippen LogP contribution in [0.3, 0.4) is 0 Å². The molecule has 0 bridgehead atoms. The van der Waals surface area contributed by atoms with Crippen LogP contribution in [0.4, 0.5) is 4.39 Å². The summed E-state index contributed by atoms with van der Waals surface area (Å²) in [4.78, 5) is 1.31. The van der Waals surface area contributed by atoms with Crippen LogP contribution in [0.2, 0.25) is 0 Å². The summed E-state index contributed by atoms with van der Waals surface area (Å²) in [6.07, 6.45) is 0.911. The molecule has 0 aliphatic rings. The summed E-state index contributed by atoms with van der Waals surface area (Å²) in [6, 6.07) is 9.35. The van der Waals surface area contributed by atoms with Crippen molar-refractivity contribution < 1.29 is 4.39 Å². The van der Waals surface area contributed by atoms with Crippen molar-refractivity contribution in [2.24, 2.45) is 0 Å². The predicted octanol–water partition coefficient (Wildman–Crippen LogP) is 4.76. The average Bonchev–Trinajstić information content (AvgIpc) is 2.72. The van der Waals surface area contributed by atoms with Crippen molar-refractivity contribution in [3.8, 4) is 0 Å². The van der Waals surface area contributed by atoms with Crippen LogP contribution >= 0.6 is 49.9 Å². The van der Waals surface area contributed by atoms with E-state index in [1.165, 1.54) is 10.9 Å². The summed E-state index contributed by atoms with van der Waals surface area (Å²) >= 11 is 7.39. The summed E-state index contributed by atoms with van der Waals surface area (Å²) in [5.74, 6) is -0.183. The van der Waals surface area contributed by atoms with Gasteiger partial charge in [-0.05, 0) is 75.4 Å². The van der Waals surface area contributed by atoms with E-state index >= 15 is 0 Å². The Morgan fingerprint density at radius 1 is 1.39 bits per heavy atom. The van der Waals surface area contributed by atoms with Crippen LogP contribution in [0.5, 0.6) is 0 Å². The largest absolute Gasteiger partial charge is 0.313 e. The number of halogens is 3. The first-order valence-electron chi connectivity index (χ1n) is 5.46. The van der Waals surface area contributed by atoms with Gasteiger partial charge < -0.3 is 5.32 Å². The fraction of sp³-hybridized carbons (Fsp3) is 0.231. The topological polar surface area (TPSA) is 12.0 Å². The molecule has 2 rings (SSSR count). The van der Waals surface area contributed by atoms with Crippen LogP contribution < -0.4 is 5.32 Å². The molecule has 0 radical (unpaired) electrons. The average molecular weight is 440 g/mol. The zero-order valence-corrected chi connectivity index (χ0v) is 14.3. The SMILES string of the molecule is CNC(Cc1ccc(Br)s1)c1ccc(F)cc1I. The van der Waals surface area contributed by atoms with Gasteiger partial charge in [-0.1, -0.05) is 6.07 Å². The highest BCUT2D eigenvalue weighted by molar-refractivity contribution is 14.1. The molecule has 1 nitrogen and oxygen atoms in total. The van der Waals surface area contributed by atoms with Crippen LogP contribution in [0.1, 0.15) is 16.5 Å². The Morgan fingerprint density at radius 2 is 2.17 bits per heavy atom. The molecule has 1 atom stereocenters. The Labute approximate surface area is 132 Å². The maximum Gasteiger partial charge on any atom is 0.124 e. The molecule has 1 N–H and O–H groups in total. The van der Waals surface area contributed by atoms with E-state index in [9.17, 15) is 4.39 Å². The second-order valence-electron chi connectivity index (χ2n) is 3.92. The van der Waals surface area contributed by atoms with Gasteiger partial charge >= 0.3 is 0 Å². The number of rotatable bonds is 4. The highest BCUT2D eigenvalue weighted by Crippen LogP contribution is 2.28. The molecule has 1 aromatic carbocycles. The van der Waals surface area contributed by atoms with E-state index in [2.05, 4.69) is 56.0 Å². The lowest BCUT2D eigenvalue weighted by atomic mass is 10.0. The molecule has 0 aliphatic heterocycles. The Balaban J connectivity index is 2.22. The summed E-state index contributed by atoms with van der Waals surface area (Å²) in [5.41, 5.74) is 1.14. The first-order chi connectivity index (χ1) is 8.60. The molecular weight excluding hydrogens is 428 g/mol. The lowest BCUT2D eigenvalue weighted by molar-refractivity contribution is 0.586. The zero-order chi connectivity index (χ0) is 13.1. The van der Waals surface area contributed by atoms with E-state index in [-0.39, 0.29) is 11.9 Å². The fourth-order valence-corrected chi connectivity index (χ4v) is 4.20. The van der Waals surface area contributed by atoms with Crippen LogP contribution in [0, 0.1) is 9.39 Å². The third-order valence-corrected chi connectivity index (χ3v) is 5.30. The second-order valence-corrected chi connectivity index (χ2v) is 7.63. The van der Waals surface area contributed by atoms with Crippen LogP contribution in [0.25, 0.3) is 0 Å². The molecule has 0 amide bonds. The lowest BCUT2D eigenvalue weighted by Gasteiger charge is -2.17. The van der Waals surface area contributed by atoms with Crippen molar-refractivity contribution in [1.82, 2.24) is 5.32 Å². The first kappa shape index (κ1) is 14.4. The Bertz CT molecular complexity index is 544. The number of thiophene rings is 1. The third kappa shape index (κ3) is 3.53. The highest BCUT2D eigenvalue weighted by atomic mass is 127. The van der Waals surface area contributed by atoms with Crippen molar-refractivity contribution in [1.29, 1.82) is 0 Å². The molecule has 18 heavy (non-hydrogen) atoms. The molecule has 1 heterocycles. The van der Waals surface area contributed by atoms with E-state index in [1.54, 1.807) is 17.4 Å². The molecule has 0 saturated carbocycles. The smallest absolute Gasteiger partial charge is 0.124 e. The van der Waals surface area contributed by atoms with Gasteiger partial charge in [-0.25, -0.2) is 4.39 Å². The van der Waals surface area contributed by atoms with E-state index < -0.39 is 0 Å². The molecule has 0 spiro atoms. The number of hydrogen-bond donors (Lipinski definition) is 1. The monoisotopic (exact) mass is 439 g/mol. The number of hydrogen-bond acceptors (Lipinski definition) is 2. The molecule has 0 fully saturated rings. The van der Waals surface area contributed by atoms with Gasteiger partial charge in [0.05, 0.1) is 3.79 Å². The summed E-state index contributed by atoms with van der Waals surface area (Å²) in [7, 11) is 1.94. The van der Waals surface area contributed by atoms with E-state index in [1.807, 2.05) is 13.1 Å². The molecule has 2 aromatic rings. The maximum atomic E-state index is 13.1. The van der Waals surface area contributed by atoms with Gasteiger partial charge in [-0.3, -0.25) is 0 Å². The minimum absolute atomic E-state index is 0.183. The molecule has 96 valence electrons. The lowest BCUT2D eigenvalue weighted by Crippen LogP contribution is -2.19. The summed E-state index contributed by atoms with van der Waals surface area (Å²) in [6.45, 7) is 0. The highest BCUT2D eigenvalue weighted by Gasteiger charge is 2.14. The molecule has 0 aliphatic carbocycles. The van der Waals surface area contributed by atoms with Crippen LogP contribution in [-0.2, 0) is 6.42 Å². The standard InChI is InChI=1S/C13H12BrFINS/c1-17-12(7-9-3-5-13(14)18-9)10-4-2-8(15)6-11(10)16/h2-6,12,17H,7H2,1H3. The molecule has 5 heteroatoms. The van der Waals surface area contributed by atoms with Crippen molar-refractivity contribution in [2.75, 3.05) is 7.05 Å². The van der Waals surface area contributed by atoms with Gasteiger partial charge in [-0.2, -0.15) is 0 Å². The Morgan fingerprint density at radius 3 is 2.72 bits per heavy atom. The minimum atomic E-state index is -0.183. The van der Waals surface area contributed by atoms with Gasteiger partial charge in [0.2, 0.25) is 0 Å². The summed E-state index contributed by atoms with van der Waals surface area (Å²) in [5, 5.41) is 3.30. The van der Waals surface area contributed by atoms with Crippen molar-refractivity contribution >= 4 is 49.9 Å². The van der Waals surface area contributed by atoms with Gasteiger partial charge in [0.25, 0.3) is 0 Å². The first-order valence-corrected chi connectivity index (χ1v) is 8.15. The Hall–Kier alpha value is 0.0200. The van der Waals surface area contributed by atoms with Crippen molar-refractivity contribution in [2.45, 2.75) is 12.5 Å². The minimum Gasteiger partial charge on any atom is -0.313 e. The number of nitrogens with one attached hydrogen (secondary N) is 1. The van der Waals surface area contributed by atoms with Crippen LogP contribution in [-0.4, -0.2) is 7.05 Å². The third-order valence-electron chi connectivity index (χ3n) is 2.72. The summed E-state index contributed by atoms with van der Waals surface area (Å²) < 4.78 is 15.2. The van der Waals surface area contributed by atoms with Crippen molar-refractivity contribution in [3.05, 3.63) is 53.9 Å².